The zero-order valence-corrected chi connectivity index (χ0v) is 13.5. The molecule has 0 bridgehead atoms. The summed E-state index contributed by atoms with van der Waals surface area (Å²) in [7, 11) is -3.28. The van der Waals surface area contributed by atoms with E-state index in [1.165, 1.54) is 22.7 Å². The van der Waals surface area contributed by atoms with Crippen molar-refractivity contribution < 1.29 is 8.42 Å². The first kappa shape index (κ1) is 13.7. The van der Waals surface area contributed by atoms with Gasteiger partial charge in [-0.15, -0.1) is 22.7 Å². The fourth-order valence-electron chi connectivity index (χ4n) is 1.96. The maximum Gasteiger partial charge on any atom is 0.194 e. The van der Waals surface area contributed by atoms with Crippen LogP contribution in [0.4, 0.5) is 0 Å². The van der Waals surface area contributed by atoms with Crippen molar-refractivity contribution in [2.75, 3.05) is 0 Å². The van der Waals surface area contributed by atoms with E-state index < -0.39 is 9.84 Å². The van der Waals surface area contributed by atoms with Gasteiger partial charge in [-0.25, -0.2) is 13.4 Å². The minimum Gasteiger partial charge on any atom is -0.240 e. The second kappa shape index (κ2) is 4.95. The summed E-state index contributed by atoms with van der Waals surface area (Å²) in [5, 5.41) is 0.650. The van der Waals surface area contributed by atoms with E-state index in [2.05, 4.69) is 4.98 Å². The maximum absolute atomic E-state index is 12.3. The summed E-state index contributed by atoms with van der Waals surface area (Å²) in [4.78, 5) is 5.44. The van der Waals surface area contributed by atoms with Crippen LogP contribution in [-0.4, -0.2) is 13.4 Å². The standard InChI is InChI=1S/C14H13NO2S3/c1-9-3-5-12-11(7-9)15-13(19-12)8-20(16,17)14-6-4-10(2)18-14/h3-7H,8H2,1-2H3. The van der Waals surface area contributed by atoms with E-state index in [4.69, 9.17) is 0 Å². The topological polar surface area (TPSA) is 47.0 Å². The predicted molar refractivity (Wildman–Crippen MR) is 84.3 cm³/mol. The number of nitrogens with zero attached hydrogens (tertiary/aromatic N) is 1. The monoisotopic (exact) mass is 323 g/mol. The number of thiophene rings is 1. The largest absolute Gasteiger partial charge is 0.240 e. The van der Waals surface area contributed by atoms with Crippen LogP contribution in [-0.2, 0) is 15.6 Å². The van der Waals surface area contributed by atoms with Crippen molar-refractivity contribution >= 4 is 42.7 Å². The Morgan fingerprint density at radius 1 is 1.10 bits per heavy atom. The summed E-state index contributed by atoms with van der Waals surface area (Å²) in [6.45, 7) is 3.91. The van der Waals surface area contributed by atoms with Crippen LogP contribution < -0.4 is 0 Å². The Kier molecular flexibility index (Phi) is 3.40. The van der Waals surface area contributed by atoms with Crippen molar-refractivity contribution in [2.24, 2.45) is 0 Å². The van der Waals surface area contributed by atoms with E-state index in [9.17, 15) is 8.42 Å². The second-order valence-corrected chi connectivity index (χ2v) is 9.32. The highest BCUT2D eigenvalue weighted by atomic mass is 32.2. The molecule has 0 aliphatic rings. The molecule has 0 amide bonds. The first-order valence-corrected chi connectivity index (χ1v) is 9.38. The summed E-state index contributed by atoms with van der Waals surface area (Å²) >= 11 is 2.76. The van der Waals surface area contributed by atoms with Crippen LogP contribution >= 0.6 is 22.7 Å². The van der Waals surface area contributed by atoms with Crippen LogP contribution in [0.25, 0.3) is 10.2 Å². The molecule has 6 heteroatoms. The molecule has 0 unspecified atom stereocenters. The molecular weight excluding hydrogens is 310 g/mol. The maximum atomic E-state index is 12.3. The highest BCUT2D eigenvalue weighted by molar-refractivity contribution is 7.92. The Morgan fingerprint density at radius 2 is 1.90 bits per heavy atom. The molecule has 0 aliphatic heterocycles. The smallest absolute Gasteiger partial charge is 0.194 e. The molecule has 2 heterocycles. The van der Waals surface area contributed by atoms with Gasteiger partial charge in [0.2, 0.25) is 0 Å². The van der Waals surface area contributed by atoms with Crippen LogP contribution in [0.1, 0.15) is 15.4 Å². The van der Waals surface area contributed by atoms with Gasteiger partial charge in [-0.3, -0.25) is 0 Å². The summed E-state index contributed by atoms with van der Waals surface area (Å²) in [6.07, 6.45) is 0. The van der Waals surface area contributed by atoms with Gasteiger partial charge in [0.05, 0.1) is 10.2 Å². The van der Waals surface area contributed by atoms with E-state index in [1.807, 2.05) is 38.1 Å². The van der Waals surface area contributed by atoms with E-state index in [0.29, 0.717) is 9.22 Å². The van der Waals surface area contributed by atoms with Gasteiger partial charge in [0.15, 0.2) is 9.84 Å². The fraction of sp³-hybridized carbons (Fsp3) is 0.214. The minimum atomic E-state index is -3.28. The first-order valence-electron chi connectivity index (χ1n) is 6.09. The molecule has 2 aromatic heterocycles. The van der Waals surface area contributed by atoms with Gasteiger partial charge in [0, 0.05) is 4.88 Å². The van der Waals surface area contributed by atoms with Gasteiger partial charge in [-0.05, 0) is 43.7 Å². The highest BCUT2D eigenvalue weighted by Gasteiger charge is 2.19. The number of fused-ring (bicyclic) bond motifs is 1. The van der Waals surface area contributed by atoms with E-state index in [1.54, 1.807) is 6.07 Å². The fourth-order valence-corrected chi connectivity index (χ4v) is 5.88. The quantitative estimate of drug-likeness (QED) is 0.733. The summed E-state index contributed by atoms with van der Waals surface area (Å²) < 4.78 is 26.1. The average molecular weight is 323 g/mol. The molecular formula is C14H13NO2S3. The number of aryl methyl sites for hydroxylation is 2. The van der Waals surface area contributed by atoms with E-state index >= 15 is 0 Å². The number of sulfone groups is 1. The van der Waals surface area contributed by atoms with Crippen LogP contribution in [0.15, 0.2) is 34.5 Å². The molecule has 0 aliphatic carbocycles. The highest BCUT2D eigenvalue weighted by Crippen LogP contribution is 2.28. The number of hydrogen-bond acceptors (Lipinski definition) is 5. The number of hydrogen-bond donors (Lipinski definition) is 0. The average Bonchev–Trinajstić information content (AvgIpc) is 2.94. The molecule has 3 nitrogen and oxygen atoms in total. The number of aromatic nitrogens is 1. The van der Waals surface area contributed by atoms with Gasteiger partial charge >= 0.3 is 0 Å². The summed E-state index contributed by atoms with van der Waals surface area (Å²) in [5.41, 5.74) is 2.01. The molecule has 0 spiro atoms. The van der Waals surface area contributed by atoms with Gasteiger partial charge in [0.1, 0.15) is 15.0 Å². The van der Waals surface area contributed by atoms with Crippen molar-refractivity contribution in [2.45, 2.75) is 23.8 Å². The molecule has 0 saturated heterocycles. The Morgan fingerprint density at radius 3 is 2.60 bits per heavy atom. The van der Waals surface area contributed by atoms with Crippen LogP contribution in [0, 0.1) is 13.8 Å². The molecule has 3 rings (SSSR count). The third-order valence-corrected chi connectivity index (χ3v) is 7.35. The molecule has 0 fully saturated rings. The van der Waals surface area contributed by atoms with Crippen molar-refractivity contribution in [3.63, 3.8) is 0 Å². The normalized spacial score (nSPS) is 12.1. The van der Waals surface area contributed by atoms with Crippen LogP contribution in [0.3, 0.4) is 0 Å². The molecule has 1 aromatic carbocycles. The van der Waals surface area contributed by atoms with Crippen LogP contribution in [0.2, 0.25) is 0 Å². The number of rotatable bonds is 3. The molecule has 0 N–H and O–H groups in total. The Bertz CT molecular complexity index is 875. The second-order valence-electron chi connectivity index (χ2n) is 4.70. The van der Waals surface area contributed by atoms with Gasteiger partial charge in [-0.2, -0.15) is 0 Å². The third-order valence-electron chi connectivity index (χ3n) is 2.92. The van der Waals surface area contributed by atoms with Crippen molar-refractivity contribution in [1.29, 1.82) is 0 Å². The summed E-state index contributed by atoms with van der Waals surface area (Å²) in [5.74, 6) is -0.0225. The predicted octanol–water partition coefficient (Wildman–Crippen LogP) is 3.95. The zero-order chi connectivity index (χ0) is 14.3. The number of thiazole rings is 1. The molecule has 20 heavy (non-hydrogen) atoms. The Balaban J connectivity index is 1.96. The SMILES string of the molecule is Cc1ccc2sc(CS(=O)(=O)c3ccc(C)s3)nc2c1. The lowest BCUT2D eigenvalue weighted by Crippen LogP contribution is -2.02. The first-order chi connectivity index (χ1) is 9.44. The lowest BCUT2D eigenvalue weighted by molar-refractivity contribution is 0.597. The van der Waals surface area contributed by atoms with Gasteiger partial charge < -0.3 is 0 Å². The minimum absolute atomic E-state index is 0.0225. The van der Waals surface area contributed by atoms with Crippen molar-refractivity contribution in [3.8, 4) is 0 Å². The summed E-state index contributed by atoms with van der Waals surface area (Å²) in [6, 6.07) is 9.50. The number of benzene rings is 1. The molecule has 0 radical (unpaired) electrons. The lowest BCUT2D eigenvalue weighted by atomic mass is 10.2. The van der Waals surface area contributed by atoms with Crippen molar-refractivity contribution in [1.82, 2.24) is 4.98 Å². The molecule has 3 aromatic rings. The van der Waals surface area contributed by atoms with Crippen molar-refractivity contribution in [3.05, 3.63) is 45.8 Å². The molecule has 104 valence electrons. The molecule has 0 atom stereocenters. The van der Waals surface area contributed by atoms with E-state index in [-0.39, 0.29) is 5.75 Å². The lowest BCUT2D eigenvalue weighted by Gasteiger charge is -1.97. The van der Waals surface area contributed by atoms with Gasteiger partial charge in [-0.1, -0.05) is 6.07 Å². The Hall–Kier alpha value is -1.24. The zero-order valence-electron chi connectivity index (χ0n) is 11.1. The third kappa shape index (κ3) is 2.63. The van der Waals surface area contributed by atoms with Crippen LogP contribution in [0.5, 0.6) is 0 Å². The van der Waals surface area contributed by atoms with E-state index in [0.717, 1.165) is 20.7 Å². The Labute approximate surface area is 125 Å². The molecule has 0 saturated carbocycles. The van der Waals surface area contributed by atoms with Gasteiger partial charge in [0.25, 0.3) is 0 Å².